The Balaban J connectivity index is 4.03. The molecule has 0 amide bonds. The molecule has 0 aliphatic rings. The van der Waals surface area contributed by atoms with Crippen LogP contribution in [0.2, 0.25) is 0 Å². The molecule has 0 saturated carbocycles. The number of hydrogen-bond donors (Lipinski definition) is 0. The van der Waals surface area contributed by atoms with Gasteiger partial charge in [-0.3, -0.25) is 4.18 Å². The molecule has 0 aromatic carbocycles. The SMILES string of the molecule is C=C(C)S(=O)(=O)OCCC. The van der Waals surface area contributed by atoms with Crippen molar-refractivity contribution in [1.82, 2.24) is 0 Å². The molecule has 4 heteroatoms. The monoisotopic (exact) mass is 164 g/mol. The first-order chi connectivity index (χ1) is 4.50. The van der Waals surface area contributed by atoms with Gasteiger partial charge in [-0.25, -0.2) is 0 Å². The minimum absolute atomic E-state index is 0.0564. The topological polar surface area (TPSA) is 43.4 Å². The van der Waals surface area contributed by atoms with Gasteiger partial charge in [-0.15, -0.1) is 0 Å². The molecule has 60 valence electrons. The van der Waals surface area contributed by atoms with E-state index in [9.17, 15) is 8.42 Å². The van der Waals surface area contributed by atoms with Gasteiger partial charge in [0.1, 0.15) is 0 Å². The van der Waals surface area contributed by atoms with Crippen LogP contribution in [0.1, 0.15) is 20.3 Å². The standard InChI is InChI=1S/C6H12O3S/c1-4-5-9-10(7,8)6(2)3/h2,4-5H2,1,3H3. The molecule has 0 aliphatic heterocycles. The van der Waals surface area contributed by atoms with Crippen molar-refractivity contribution < 1.29 is 12.6 Å². The molecule has 0 radical (unpaired) electrons. The van der Waals surface area contributed by atoms with E-state index in [1.54, 1.807) is 0 Å². The van der Waals surface area contributed by atoms with Crippen LogP contribution in [-0.2, 0) is 14.3 Å². The first-order valence-electron chi connectivity index (χ1n) is 3.05. The lowest BCUT2D eigenvalue weighted by molar-refractivity contribution is 0.322. The van der Waals surface area contributed by atoms with Gasteiger partial charge in [0.25, 0.3) is 10.1 Å². The summed E-state index contributed by atoms with van der Waals surface area (Å²) in [5, 5.41) is 0. The normalized spacial score (nSPS) is 11.4. The first-order valence-corrected chi connectivity index (χ1v) is 4.46. The second-order valence-electron chi connectivity index (χ2n) is 1.98. The average molecular weight is 164 g/mol. The third-order valence-corrected chi connectivity index (χ3v) is 2.20. The molecule has 0 aliphatic carbocycles. The number of rotatable bonds is 4. The highest BCUT2D eigenvalue weighted by Crippen LogP contribution is 2.04. The van der Waals surface area contributed by atoms with Gasteiger partial charge in [0.05, 0.1) is 11.5 Å². The third kappa shape index (κ3) is 2.98. The van der Waals surface area contributed by atoms with Crippen molar-refractivity contribution in [3.8, 4) is 0 Å². The lowest BCUT2D eigenvalue weighted by Gasteiger charge is -2.01. The summed E-state index contributed by atoms with van der Waals surface area (Å²) in [5.74, 6) is 0. The third-order valence-electron chi connectivity index (χ3n) is 0.869. The van der Waals surface area contributed by atoms with Gasteiger partial charge < -0.3 is 0 Å². The Morgan fingerprint density at radius 2 is 2.10 bits per heavy atom. The molecule has 0 atom stereocenters. The molecule has 0 unspecified atom stereocenters. The van der Waals surface area contributed by atoms with E-state index in [1.165, 1.54) is 6.92 Å². The lowest BCUT2D eigenvalue weighted by atomic mass is 10.5. The van der Waals surface area contributed by atoms with Crippen LogP contribution >= 0.6 is 0 Å². The van der Waals surface area contributed by atoms with Crippen molar-refractivity contribution in [3.05, 3.63) is 11.5 Å². The first kappa shape index (κ1) is 9.65. The Hall–Kier alpha value is -0.350. The molecular formula is C6H12O3S. The van der Waals surface area contributed by atoms with Crippen LogP contribution in [-0.4, -0.2) is 15.0 Å². The van der Waals surface area contributed by atoms with Crippen LogP contribution in [0.4, 0.5) is 0 Å². The highest BCUT2D eigenvalue weighted by Gasteiger charge is 2.09. The molecule has 0 aromatic heterocycles. The zero-order chi connectivity index (χ0) is 8.20. The second kappa shape index (κ2) is 3.73. The Morgan fingerprint density at radius 3 is 2.40 bits per heavy atom. The molecule has 0 spiro atoms. The molecule has 0 rings (SSSR count). The van der Waals surface area contributed by atoms with E-state index in [2.05, 4.69) is 10.8 Å². The van der Waals surface area contributed by atoms with Gasteiger partial charge in [-0.2, -0.15) is 8.42 Å². The molecule has 0 saturated heterocycles. The van der Waals surface area contributed by atoms with E-state index in [-0.39, 0.29) is 11.5 Å². The molecule has 0 heterocycles. The maximum Gasteiger partial charge on any atom is 0.292 e. The quantitative estimate of drug-likeness (QED) is 0.588. The van der Waals surface area contributed by atoms with Crippen molar-refractivity contribution in [3.63, 3.8) is 0 Å². The molecule has 3 nitrogen and oxygen atoms in total. The van der Waals surface area contributed by atoms with E-state index in [0.29, 0.717) is 6.42 Å². The van der Waals surface area contributed by atoms with Gasteiger partial charge in [0.15, 0.2) is 0 Å². The van der Waals surface area contributed by atoms with Gasteiger partial charge in [-0.05, 0) is 13.3 Å². The largest absolute Gasteiger partial charge is 0.292 e. The van der Waals surface area contributed by atoms with E-state index in [0.717, 1.165) is 0 Å². The highest BCUT2D eigenvalue weighted by atomic mass is 32.2. The predicted molar refractivity (Wildman–Crippen MR) is 40.0 cm³/mol. The maximum atomic E-state index is 10.8. The summed E-state index contributed by atoms with van der Waals surface area (Å²) in [5.41, 5.74) is 0. The van der Waals surface area contributed by atoms with Crippen molar-refractivity contribution >= 4 is 10.1 Å². The summed E-state index contributed by atoms with van der Waals surface area (Å²) < 4.78 is 26.0. The van der Waals surface area contributed by atoms with E-state index >= 15 is 0 Å². The van der Waals surface area contributed by atoms with Crippen molar-refractivity contribution in [2.75, 3.05) is 6.61 Å². The molecule has 0 aromatic rings. The molecule has 0 bridgehead atoms. The van der Waals surface area contributed by atoms with Crippen LogP contribution in [0, 0.1) is 0 Å². The van der Waals surface area contributed by atoms with Crippen molar-refractivity contribution in [2.45, 2.75) is 20.3 Å². The fourth-order valence-electron chi connectivity index (χ4n) is 0.294. The van der Waals surface area contributed by atoms with E-state index < -0.39 is 10.1 Å². The van der Waals surface area contributed by atoms with Crippen molar-refractivity contribution in [2.24, 2.45) is 0 Å². The van der Waals surface area contributed by atoms with E-state index in [4.69, 9.17) is 0 Å². The Kier molecular flexibility index (Phi) is 3.60. The smallest absolute Gasteiger partial charge is 0.267 e. The van der Waals surface area contributed by atoms with Gasteiger partial charge >= 0.3 is 0 Å². The predicted octanol–water partition coefficient (Wildman–Crippen LogP) is 1.28. The summed E-state index contributed by atoms with van der Waals surface area (Å²) in [6.45, 7) is 6.75. The Labute approximate surface area is 61.8 Å². The summed E-state index contributed by atoms with van der Waals surface area (Å²) in [6, 6.07) is 0. The lowest BCUT2D eigenvalue weighted by Crippen LogP contribution is -2.06. The van der Waals surface area contributed by atoms with Crippen molar-refractivity contribution in [1.29, 1.82) is 0 Å². The molecule has 0 N–H and O–H groups in total. The maximum absolute atomic E-state index is 10.8. The zero-order valence-corrected chi connectivity index (χ0v) is 7.07. The second-order valence-corrected chi connectivity index (χ2v) is 3.82. The van der Waals surface area contributed by atoms with E-state index in [1.807, 2.05) is 6.92 Å². The van der Waals surface area contributed by atoms with Gasteiger partial charge in [0.2, 0.25) is 0 Å². The molecule has 0 fully saturated rings. The van der Waals surface area contributed by atoms with Gasteiger partial charge in [0, 0.05) is 0 Å². The zero-order valence-electron chi connectivity index (χ0n) is 6.25. The Bertz CT molecular complexity index is 203. The van der Waals surface area contributed by atoms with Crippen LogP contribution in [0.25, 0.3) is 0 Å². The summed E-state index contributed by atoms with van der Waals surface area (Å²) in [6.07, 6.45) is 0.687. The number of allylic oxidation sites excluding steroid dienone is 1. The van der Waals surface area contributed by atoms with Crippen LogP contribution in [0.3, 0.4) is 0 Å². The van der Waals surface area contributed by atoms with Crippen LogP contribution in [0.15, 0.2) is 11.5 Å². The van der Waals surface area contributed by atoms with Crippen LogP contribution in [0.5, 0.6) is 0 Å². The van der Waals surface area contributed by atoms with Gasteiger partial charge in [-0.1, -0.05) is 13.5 Å². The Morgan fingerprint density at radius 1 is 1.60 bits per heavy atom. The fraction of sp³-hybridized carbons (Fsp3) is 0.667. The average Bonchev–Trinajstić information content (AvgIpc) is 1.84. The minimum Gasteiger partial charge on any atom is -0.267 e. The number of hydrogen-bond acceptors (Lipinski definition) is 3. The van der Waals surface area contributed by atoms with Crippen LogP contribution < -0.4 is 0 Å². The molecular weight excluding hydrogens is 152 g/mol. The fourth-order valence-corrected chi connectivity index (χ4v) is 0.881. The summed E-state index contributed by atoms with van der Waals surface area (Å²) >= 11 is 0. The molecule has 10 heavy (non-hydrogen) atoms. The summed E-state index contributed by atoms with van der Waals surface area (Å²) in [4.78, 5) is 0.0564. The minimum atomic E-state index is -3.45. The highest BCUT2D eigenvalue weighted by molar-refractivity contribution is 7.90. The summed E-state index contributed by atoms with van der Waals surface area (Å²) in [7, 11) is -3.45.